The van der Waals surface area contributed by atoms with Gasteiger partial charge < -0.3 is 5.73 Å². The topological polar surface area (TPSA) is 67.6 Å². The predicted molar refractivity (Wildman–Crippen MR) is 79.7 cm³/mol. The molecule has 0 aliphatic carbocycles. The van der Waals surface area contributed by atoms with Crippen molar-refractivity contribution in [1.82, 2.24) is 9.55 Å². The summed E-state index contributed by atoms with van der Waals surface area (Å²) in [5.74, 6) is 0.396. The molecular weight excluding hydrogens is 248 g/mol. The first-order chi connectivity index (χ1) is 9.61. The van der Waals surface area contributed by atoms with E-state index in [-0.39, 0.29) is 0 Å². The molecule has 0 atom stereocenters. The molecule has 2 N–H and O–H groups in total. The van der Waals surface area contributed by atoms with Crippen LogP contribution in [-0.2, 0) is 0 Å². The third-order valence-electron chi connectivity index (χ3n) is 3.44. The van der Waals surface area contributed by atoms with Gasteiger partial charge in [-0.25, -0.2) is 4.98 Å². The van der Waals surface area contributed by atoms with Gasteiger partial charge in [-0.15, -0.1) is 0 Å². The number of benzene rings is 2. The van der Waals surface area contributed by atoms with Crippen LogP contribution < -0.4 is 5.73 Å². The molecule has 3 rings (SSSR count). The van der Waals surface area contributed by atoms with Crippen molar-refractivity contribution in [3.05, 3.63) is 53.1 Å². The van der Waals surface area contributed by atoms with E-state index in [9.17, 15) is 5.26 Å². The second kappa shape index (κ2) is 4.39. The number of hydrogen-bond donors (Lipinski definition) is 1. The summed E-state index contributed by atoms with van der Waals surface area (Å²) in [4.78, 5) is 4.37. The fourth-order valence-corrected chi connectivity index (χ4v) is 2.44. The van der Waals surface area contributed by atoms with E-state index in [2.05, 4.69) is 11.1 Å². The largest absolute Gasteiger partial charge is 0.369 e. The van der Waals surface area contributed by atoms with Crippen molar-refractivity contribution in [3.63, 3.8) is 0 Å². The zero-order chi connectivity index (χ0) is 14.3. The number of nitrogens with two attached hydrogens (primary N) is 1. The normalized spacial score (nSPS) is 10.7. The Balaban J connectivity index is 2.41. The molecule has 3 aromatic rings. The predicted octanol–water partition coefficient (Wildman–Crippen LogP) is 3.10. The lowest BCUT2D eigenvalue weighted by molar-refractivity contribution is 1.09. The highest BCUT2D eigenvalue weighted by Gasteiger charge is 2.14. The van der Waals surface area contributed by atoms with Crippen molar-refractivity contribution in [1.29, 1.82) is 5.26 Å². The molecule has 20 heavy (non-hydrogen) atoms. The van der Waals surface area contributed by atoms with Gasteiger partial charge in [0.15, 0.2) is 0 Å². The Labute approximate surface area is 117 Å². The van der Waals surface area contributed by atoms with Crippen LogP contribution >= 0.6 is 0 Å². The van der Waals surface area contributed by atoms with E-state index in [1.165, 1.54) is 0 Å². The molecule has 1 aromatic heterocycles. The van der Waals surface area contributed by atoms with E-state index in [1.54, 1.807) is 0 Å². The lowest BCUT2D eigenvalue weighted by Gasteiger charge is -2.10. The average Bonchev–Trinajstić information content (AvgIpc) is 2.73. The van der Waals surface area contributed by atoms with Crippen molar-refractivity contribution in [2.24, 2.45) is 0 Å². The molecule has 98 valence electrons. The summed E-state index contributed by atoms with van der Waals surface area (Å²) in [5, 5.41) is 9.39. The molecule has 1 heterocycles. The average molecular weight is 262 g/mol. The molecule has 4 heteroatoms. The Morgan fingerprint density at radius 1 is 1.20 bits per heavy atom. The van der Waals surface area contributed by atoms with Crippen molar-refractivity contribution >= 4 is 17.0 Å². The Hall–Kier alpha value is -2.80. The van der Waals surface area contributed by atoms with Crippen LogP contribution in [0.25, 0.3) is 16.7 Å². The van der Waals surface area contributed by atoms with Crippen LogP contribution in [0.3, 0.4) is 0 Å². The maximum absolute atomic E-state index is 9.39. The van der Waals surface area contributed by atoms with Gasteiger partial charge in [0.25, 0.3) is 0 Å². The third kappa shape index (κ3) is 1.72. The van der Waals surface area contributed by atoms with E-state index >= 15 is 0 Å². The molecule has 4 nitrogen and oxygen atoms in total. The van der Waals surface area contributed by atoms with Gasteiger partial charge in [0.2, 0.25) is 5.95 Å². The fourth-order valence-electron chi connectivity index (χ4n) is 2.44. The van der Waals surface area contributed by atoms with Crippen molar-refractivity contribution < 1.29 is 0 Å². The quantitative estimate of drug-likeness (QED) is 0.732. The highest BCUT2D eigenvalue weighted by molar-refractivity contribution is 5.82. The maximum Gasteiger partial charge on any atom is 0.205 e. The summed E-state index contributed by atoms with van der Waals surface area (Å²) in [7, 11) is 0. The van der Waals surface area contributed by atoms with Crippen molar-refractivity contribution in [3.8, 4) is 11.8 Å². The minimum Gasteiger partial charge on any atom is -0.369 e. The van der Waals surface area contributed by atoms with Crippen molar-refractivity contribution in [2.75, 3.05) is 5.73 Å². The molecule has 0 spiro atoms. The van der Waals surface area contributed by atoms with E-state index in [4.69, 9.17) is 5.73 Å². The Morgan fingerprint density at radius 2 is 2.00 bits per heavy atom. The first-order valence-electron chi connectivity index (χ1n) is 6.36. The number of hydrogen-bond acceptors (Lipinski definition) is 3. The van der Waals surface area contributed by atoms with Crippen LogP contribution in [0.4, 0.5) is 5.95 Å². The van der Waals surface area contributed by atoms with Crippen LogP contribution in [0.2, 0.25) is 0 Å². The number of rotatable bonds is 1. The monoisotopic (exact) mass is 262 g/mol. The molecule has 2 aromatic carbocycles. The summed E-state index contributed by atoms with van der Waals surface area (Å²) >= 11 is 0. The number of nitriles is 1. The van der Waals surface area contributed by atoms with E-state index in [0.717, 1.165) is 27.8 Å². The van der Waals surface area contributed by atoms with Crippen LogP contribution in [0, 0.1) is 25.2 Å². The number of nitrogens with zero attached hydrogens (tertiary/aromatic N) is 3. The molecule has 0 unspecified atom stereocenters. The lowest BCUT2D eigenvalue weighted by Crippen LogP contribution is -2.03. The first-order valence-corrected chi connectivity index (χ1v) is 6.36. The smallest absolute Gasteiger partial charge is 0.205 e. The Morgan fingerprint density at radius 3 is 2.75 bits per heavy atom. The maximum atomic E-state index is 9.39. The highest BCUT2D eigenvalue weighted by Crippen LogP contribution is 2.27. The van der Waals surface area contributed by atoms with Gasteiger partial charge in [0.05, 0.1) is 22.3 Å². The zero-order valence-electron chi connectivity index (χ0n) is 11.4. The van der Waals surface area contributed by atoms with Gasteiger partial charge in [-0.1, -0.05) is 18.2 Å². The second-order valence-corrected chi connectivity index (χ2v) is 4.88. The minimum atomic E-state index is 0.396. The number of nitrogen functional groups attached to an aromatic ring is 1. The highest BCUT2D eigenvalue weighted by atomic mass is 15.2. The second-order valence-electron chi connectivity index (χ2n) is 4.88. The van der Waals surface area contributed by atoms with Gasteiger partial charge in [-0.3, -0.25) is 4.57 Å². The Bertz CT molecular complexity index is 853. The summed E-state index contributed by atoms with van der Waals surface area (Å²) in [6.45, 7) is 3.94. The summed E-state index contributed by atoms with van der Waals surface area (Å²) < 4.78 is 1.84. The molecule has 0 saturated carbocycles. The molecule has 0 saturated heterocycles. The van der Waals surface area contributed by atoms with E-state index in [1.807, 2.05) is 54.8 Å². The Kier molecular flexibility index (Phi) is 2.69. The van der Waals surface area contributed by atoms with Gasteiger partial charge in [0, 0.05) is 0 Å². The zero-order valence-corrected chi connectivity index (χ0v) is 11.4. The van der Waals surface area contributed by atoms with E-state index < -0.39 is 0 Å². The SMILES string of the molecule is Cc1ccc2nc(N)n(-c3cccc(C)c3C#N)c2c1. The number of anilines is 1. The van der Waals surface area contributed by atoms with Gasteiger partial charge in [0.1, 0.15) is 6.07 Å². The number of aromatic nitrogens is 2. The van der Waals surface area contributed by atoms with Crippen LogP contribution in [0.15, 0.2) is 36.4 Å². The molecule has 0 aliphatic rings. The van der Waals surface area contributed by atoms with Crippen molar-refractivity contribution in [2.45, 2.75) is 13.8 Å². The number of fused-ring (bicyclic) bond motifs is 1. The number of aryl methyl sites for hydroxylation is 2. The fraction of sp³-hybridized carbons (Fsp3) is 0.125. The lowest BCUT2D eigenvalue weighted by atomic mass is 10.1. The molecule has 0 radical (unpaired) electrons. The molecule has 0 amide bonds. The minimum absolute atomic E-state index is 0.396. The molecular formula is C16H14N4. The number of imidazole rings is 1. The van der Waals surface area contributed by atoms with E-state index in [0.29, 0.717) is 11.5 Å². The summed E-state index contributed by atoms with van der Waals surface area (Å²) in [6.07, 6.45) is 0. The summed E-state index contributed by atoms with van der Waals surface area (Å²) in [6, 6.07) is 14.0. The summed E-state index contributed by atoms with van der Waals surface area (Å²) in [5.41, 5.74) is 11.3. The molecule has 0 fully saturated rings. The van der Waals surface area contributed by atoms with Crippen LogP contribution in [0.1, 0.15) is 16.7 Å². The van der Waals surface area contributed by atoms with Gasteiger partial charge in [-0.05, 0) is 43.2 Å². The van der Waals surface area contributed by atoms with Gasteiger partial charge >= 0.3 is 0 Å². The van der Waals surface area contributed by atoms with Crippen LogP contribution in [0.5, 0.6) is 0 Å². The van der Waals surface area contributed by atoms with Gasteiger partial charge in [-0.2, -0.15) is 5.26 Å². The third-order valence-corrected chi connectivity index (χ3v) is 3.44. The molecule has 0 bridgehead atoms. The first kappa shape index (κ1) is 12.2. The van der Waals surface area contributed by atoms with Crippen LogP contribution in [-0.4, -0.2) is 9.55 Å². The molecule has 0 aliphatic heterocycles. The standard InChI is InChI=1S/C16H14N4/c1-10-6-7-13-15(8-10)20(16(18)19-13)14-5-3-4-11(2)12(14)9-17/h3-8H,1-2H3,(H2,18,19).